The second kappa shape index (κ2) is 7.22. The summed E-state index contributed by atoms with van der Waals surface area (Å²) in [5.74, 6) is -1.08. The van der Waals surface area contributed by atoms with Crippen LogP contribution in [0.2, 0.25) is 0 Å². The maximum absolute atomic E-state index is 11.8. The molecule has 2 N–H and O–H groups in total. The fraction of sp³-hybridized carbons (Fsp3) is 0.385. The van der Waals surface area contributed by atoms with Crippen LogP contribution in [0.5, 0.6) is 0 Å². The molecule has 0 aliphatic rings. The van der Waals surface area contributed by atoms with Crippen molar-refractivity contribution < 1.29 is 19.6 Å². The van der Waals surface area contributed by atoms with E-state index < -0.39 is 10.9 Å². The summed E-state index contributed by atoms with van der Waals surface area (Å²) in [6.45, 7) is 0. The lowest BCUT2D eigenvalue weighted by molar-refractivity contribution is -0.384. The predicted molar refractivity (Wildman–Crippen MR) is 72.8 cm³/mol. The largest absolute Gasteiger partial charge is 0.481 e. The first-order chi connectivity index (χ1) is 9.43. The summed E-state index contributed by atoms with van der Waals surface area (Å²) in [6.07, 6.45) is 0.424. The number of hydrogen-bond acceptors (Lipinski definition) is 5. The van der Waals surface area contributed by atoms with Crippen LogP contribution < -0.4 is 5.32 Å². The quantitative estimate of drug-likeness (QED) is 0.556. The second-order valence-corrected chi connectivity index (χ2v) is 4.31. The van der Waals surface area contributed by atoms with Crippen LogP contribution in [0, 0.1) is 10.1 Å². The van der Waals surface area contributed by atoms with E-state index in [0.717, 1.165) is 0 Å². The molecule has 0 atom stereocenters. The molecule has 0 heterocycles. The minimum Gasteiger partial charge on any atom is -0.481 e. The van der Waals surface area contributed by atoms with E-state index in [2.05, 4.69) is 5.32 Å². The van der Waals surface area contributed by atoms with Gasteiger partial charge in [0.05, 0.1) is 4.92 Å². The number of carboxylic acids is 1. The molecule has 0 bridgehead atoms. The van der Waals surface area contributed by atoms with E-state index in [0.29, 0.717) is 11.3 Å². The number of Topliss-reactive ketones (excluding diaryl/α,β-unsaturated/α-hetero) is 1. The number of non-ortho nitro benzene ring substituents is 1. The number of aliphatic carboxylic acids is 1. The van der Waals surface area contributed by atoms with Crippen LogP contribution in [0.15, 0.2) is 18.2 Å². The molecular formula is C13H16N2O5. The topological polar surface area (TPSA) is 110 Å². The highest BCUT2D eigenvalue weighted by molar-refractivity contribution is 5.83. The van der Waals surface area contributed by atoms with Gasteiger partial charge in [-0.1, -0.05) is 0 Å². The van der Waals surface area contributed by atoms with Gasteiger partial charge < -0.3 is 10.4 Å². The highest BCUT2D eigenvalue weighted by Gasteiger charge is 2.13. The van der Waals surface area contributed by atoms with Gasteiger partial charge in [0.25, 0.3) is 5.69 Å². The summed E-state index contributed by atoms with van der Waals surface area (Å²) in [4.78, 5) is 32.3. The molecule has 0 saturated heterocycles. The van der Waals surface area contributed by atoms with Gasteiger partial charge in [-0.3, -0.25) is 19.7 Å². The van der Waals surface area contributed by atoms with Crippen LogP contribution in [0.3, 0.4) is 0 Å². The van der Waals surface area contributed by atoms with E-state index >= 15 is 0 Å². The Hall–Kier alpha value is -2.44. The van der Waals surface area contributed by atoms with E-state index in [1.54, 1.807) is 13.1 Å². The molecule has 1 aromatic carbocycles. The number of nitrogens with one attached hydrogen (secondary N) is 1. The lowest BCUT2D eigenvalue weighted by Gasteiger charge is -2.08. The van der Waals surface area contributed by atoms with Crippen molar-refractivity contribution >= 4 is 23.1 Å². The van der Waals surface area contributed by atoms with Gasteiger partial charge in [-0.05, 0) is 18.1 Å². The molecule has 0 saturated carbocycles. The van der Waals surface area contributed by atoms with Crippen LogP contribution in [0.25, 0.3) is 0 Å². The van der Waals surface area contributed by atoms with Gasteiger partial charge in [-0.25, -0.2) is 0 Å². The van der Waals surface area contributed by atoms with E-state index in [4.69, 9.17) is 5.11 Å². The summed E-state index contributed by atoms with van der Waals surface area (Å²) in [6, 6.07) is 4.28. The standard InChI is InChI=1S/C13H16N2O5/c1-14-12-6-5-10(15(19)20)7-9(12)8-11(16)3-2-4-13(17)18/h5-7,14H,2-4,8H2,1H3,(H,17,18). The zero-order chi connectivity index (χ0) is 15.1. The molecular weight excluding hydrogens is 264 g/mol. The molecule has 7 heteroatoms. The molecule has 0 aromatic heterocycles. The number of rotatable bonds is 8. The van der Waals surface area contributed by atoms with Gasteiger partial charge in [0.15, 0.2) is 0 Å². The van der Waals surface area contributed by atoms with Gasteiger partial charge in [0.2, 0.25) is 0 Å². The zero-order valence-electron chi connectivity index (χ0n) is 11.1. The molecule has 20 heavy (non-hydrogen) atoms. The van der Waals surface area contributed by atoms with Crippen molar-refractivity contribution in [3.05, 3.63) is 33.9 Å². The number of nitro benzene ring substituents is 1. The summed E-state index contributed by atoms with van der Waals surface area (Å²) in [7, 11) is 1.67. The van der Waals surface area contributed by atoms with E-state index in [1.165, 1.54) is 12.1 Å². The van der Waals surface area contributed by atoms with Gasteiger partial charge in [0, 0.05) is 44.1 Å². The van der Waals surface area contributed by atoms with Crippen LogP contribution in [-0.2, 0) is 16.0 Å². The molecule has 1 rings (SSSR count). The Kier molecular flexibility index (Phi) is 5.64. The Bertz CT molecular complexity index is 527. The molecule has 108 valence electrons. The van der Waals surface area contributed by atoms with Gasteiger partial charge in [-0.2, -0.15) is 0 Å². The SMILES string of the molecule is CNc1ccc([N+](=O)[O-])cc1CC(=O)CCCC(=O)O. The Morgan fingerprint density at radius 2 is 2.05 bits per heavy atom. The first-order valence-electron chi connectivity index (χ1n) is 6.12. The number of nitrogens with zero attached hydrogens (tertiary/aromatic N) is 1. The van der Waals surface area contributed by atoms with Crippen molar-refractivity contribution in [2.45, 2.75) is 25.7 Å². The van der Waals surface area contributed by atoms with Crippen molar-refractivity contribution in [3.8, 4) is 0 Å². The fourth-order valence-electron chi connectivity index (χ4n) is 1.82. The lowest BCUT2D eigenvalue weighted by Crippen LogP contribution is -2.07. The maximum Gasteiger partial charge on any atom is 0.303 e. The Balaban J connectivity index is 2.74. The predicted octanol–water partition coefficient (Wildman–Crippen LogP) is 2.00. The normalized spacial score (nSPS) is 10.1. The Morgan fingerprint density at radius 1 is 1.35 bits per heavy atom. The van der Waals surface area contributed by atoms with Crippen molar-refractivity contribution in [3.63, 3.8) is 0 Å². The zero-order valence-corrected chi connectivity index (χ0v) is 11.1. The third kappa shape index (κ3) is 4.68. The van der Waals surface area contributed by atoms with Gasteiger partial charge in [0.1, 0.15) is 5.78 Å². The fourth-order valence-corrected chi connectivity index (χ4v) is 1.82. The molecule has 0 aliphatic heterocycles. The van der Waals surface area contributed by atoms with Gasteiger partial charge >= 0.3 is 5.97 Å². The highest BCUT2D eigenvalue weighted by Crippen LogP contribution is 2.23. The van der Waals surface area contributed by atoms with Crippen LogP contribution >= 0.6 is 0 Å². The van der Waals surface area contributed by atoms with Crippen LogP contribution in [0.1, 0.15) is 24.8 Å². The molecule has 7 nitrogen and oxygen atoms in total. The summed E-state index contributed by atoms with van der Waals surface area (Å²) < 4.78 is 0. The van der Waals surface area contributed by atoms with Crippen molar-refractivity contribution in [1.82, 2.24) is 0 Å². The molecule has 1 aromatic rings. The molecule has 0 spiro atoms. The average Bonchev–Trinajstić information content (AvgIpc) is 2.38. The number of carbonyl (C=O) groups is 2. The maximum atomic E-state index is 11.8. The summed E-state index contributed by atoms with van der Waals surface area (Å²) >= 11 is 0. The number of anilines is 1. The van der Waals surface area contributed by atoms with E-state index in [-0.39, 0.29) is 37.2 Å². The minimum atomic E-state index is -0.941. The smallest absolute Gasteiger partial charge is 0.303 e. The minimum absolute atomic E-state index is 0.0530. The van der Waals surface area contributed by atoms with Crippen LogP contribution in [-0.4, -0.2) is 28.8 Å². The molecule has 0 amide bonds. The molecule has 0 radical (unpaired) electrons. The lowest BCUT2D eigenvalue weighted by atomic mass is 10.0. The van der Waals surface area contributed by atoms with Gasteiger partial charge in [-0.15, -0.1) is 0 Å². The third-order valence-corrected chi connectivity index (χ3v) is 2.80. The number of carbonyl (C=O) groups excluding carboxylic acids is 1. The first-order valence-corrected chi connectivity index (χ1v) is 6.12. The van der Waals surface area contributed by atoms with Crippen molar-refractivity contribution in [2.75, 3.05) is 12.4 Å². The summed E-state index contributed by atoms with van der Waals surface area (Å²) in [5.41, 5.74) is 1.13. The number of nitro groups is 1. The Morgan fingerprint density at radius 3 is 2.60 bits per heavy atom. The molecule has 0 unspecified atom stereocenters. The summed E-state index contributed by atoms with van der Waals surface area (Å²) in [5, 5.41) is 22.1. The Labute approximate surface area is 115 Å². The number of ketones is 1. The first kappa shape index (κ1) is 15.6. The van der Waals surface area contributed by atoms with Crippen molar-refractivity contribution in [2.24, 2.45) is 0 Å². The highest BCUT2D eigenvalue weighted by atomic mass is 16.6. The number of hydrogen-bond donors (Lipinski definition) is 2. The van der Waals surface area contributed by atoms with E-state index in [1.807, 2.05) is 0 Å². The monoisotopic (exact) mass is 280 g/mol. The molecule has 0 aliphatic carbocycles. The third-order valence-electron chi connectivity index (χ3n) is 2.80. The van der Waals surface area contributed by atoms with E-state index in [9.17, 15) is 19.7 Å². The second-order valence-electron chi connectivity index (χ2n) is 4.31. The van der Waals surface area contributed by atoms with Crippen LogP contribution in [0.4, 0.5) is 11.4 Å². The molecule has 0 fully saturated rings. The average molecular weight is 280 g/mol. The van der Waals surface area contributed by atoms with Crippen molar-refractivity contribution in [1.29, 1.82) is 0 Å². The number of benzene rings is 1. The number of carboxylic acid groups (broad SMARTS) is 1.